The summed E-state index contributed by atoms with van der Waals surface area (Å²) in [6.07, 6.45) is 0. The molecule has 4 aromatic rings. The van der Waals surface area contributed by atoms with Crippen LogP contribution in [0.4, 0.5) is 5.69 Å². The summed E-state index contributed by atoms with van der Waals surface area (Å²) < 4.78 is 37.6. The Kier molecular flexibility index (Phi) is 6.03. The Bertz CT molecular complexity index is 1360. The van der Waals surface area contributed by atoms with Crippen molar-refractivity contribution in [2.45, 2.75) is 17.9 Å². The normalized spacial score (nSPS) is 12.5. The van der Waals surface area contributed by atoms with E-state index in [4.69, 9.17) is 0 Å². The Labute approximate surface area is 192 Å². The number of benzene rings is 3. The maximum absolute atomic E-state index is 13.1. The Balaban J connectivity index is 1.65. The molecule has 1 atom stereocenters. The molecule has 158 valence electrons. The van der Waals surface area contributed by atoms with Gasteiger partial charge in [-0.15, -0.1) is 0 Å². The van der Waals surface area contributed by atoms with Gasteiger partial charge in [-0.1, -0.05) is 52.3 Å². The third kappa shape index (κ3) is 4.60. The van der Waals surface area contributed by atoms with Crippen LogP contribution in [-0.4, -0.2) is 23.1 Å². The molecule has 0 aliphatic carbocycles. The number of anilines is 1. The van der Waals surface area contributed by atoms with Crippen LogP contribution in [0.5, 0.6) is 0 Å². The summed E-state index contributed by atoms with van der Waals surface area (Å²) in [5, 5.41) is 2.91. The first-order chi connectivity index (χ1) is 14.8. The fraction of sp³-hybridized carbons (Fsp3) is 0.0952. The van der Waals surface area contributed by atoms with Gasteiger partial charge in [0.15, 0.2) is 0 Å². The van der Waals surface area contributed by atoms with Crippen molar-refractivity contribution >= 4 is 60.3 Å². The molecule has 10 heteroatoms. The summed E-state index contributed by atoms with van der Waals surface area (Å²) >= 11 is 4.28. The van der Waals surface area contributed by atoms with Gasteiger partial charge < -0.3 is 5.32 Å². The van der Waals surface area contributed by atoms with Gasteiger partial charge in [0.1, 0.15) is 15.9 Å². The average Bonchev–Trinajstić information content (AvgIpc) is 3.23. The number of aromatic nitrogens is 2. The predicted octanol–water partition coefficient (Wildman–Crippen LogP) is 4.75. The third-order valence-corrected chi connectivity index (χ3v) is 7.09. The largest absolute Gasteiger partial charge is 0.345 e. The molecule has 4 rings (SSSR count). The maximum Gasteiger partial charge on any atom is 0.264 e. The number of nitrogens with one attached hydrogen (secondary N) is 2. The van der Waals surface area contributed by atoms with E-state index in [1.54, 1.807) is 30.3 Å². The van der Waals surface area contributed by atoms with Crippen molar-refractivity contribution in [2.75, 3.05) is 4.72 Å². The molecule has 0 radical (unpaired) electrons. The van der Waals surface area contributed by atoms with Gasteiger partial charge in [-0.05, 0) is 42.8 Å². The number of nitrogens with zero attached hydrogens (tertiary/aromatic N) is 2. The van der Waals surface area contributed by atoms with Gasteiger partial charge in [-0.3, -0.25) is 9.52 Å². The predicted molar refractivity (Wildman–Crippen MR) is 125 cm³/mol. The smallest absolute Gasteiger partial charge is 0.264 e. The number of carbonyl (C=O) groups is 1. The number of halogens is 1. The lowest BCUT2D eigenvalue weighted by Crippen LogP contribution is -2.28. The van der Waals surface area contributed by atoms with Crippen molar-refractivity contribution in [3.05, 3.63) is 82.3 Å². The van der Waals surface area contributed by atoms with Crippen molar-refractivity contribution in [3.63, 3.8) is 0 Å². The standard InChI is InChI=1S/C21H17BrN4O3S2/c1-13(14-6-3-2-4-7-14)23-21(27)16-11-10-15(22)12-18(16)26-31(28,29)19-9-5-8-17-20(19)25-30-24-17/h2-13,26H,1H3,(H,23,27)/t13-/m1/s1. The molecule has 3 aromatic carbocycles. The minimum atomic E-state index is -4.01. The maximum atomic E-state index is 13.1. The monoisotopic (exact) mass is 516 g/mol. The number of carbonyl (C=O) groups excluding carboxylic acids is 1. The van der Waals surface area contributed by atoms with Gasteiger partial charge in [0, 0.05) is 4.47 Å². The summed E-state index contributed by atoms with van der Waals surface area (Å²) in [4.78, 5) is 13.0. The minimum Gasteiger partial charge on any atom is -0.345 e. The summed E-state index contributed by atoms with van der Waals surface area (Å²) in [6.45, 7) is 1.87. The second-order valence-corrected chi connectivity index (χ2v) is 9.88. The molecule has 0 aliphatic heterocycles. The van der Waals surface area contributed by atoms with Crippen LogP contribution in [0.15, 0.2) is 76.1 Å². The lowest BCUT2D eigenvalue weighted by Gasteiger charge is -2.17. The fourth-order valence-electron chi connectivity index (χ4n) is 3.10. The highest BCUT2D eigenvalue weighted by Crippen LogP contribution is 2.28. The molecule has 1 amide bonds. The van der Waals surface area contributed by atoms with Crippen LogP contribution in [0, 0.1) is 0 Å². The van der Waals surface area contributed by atoms with Crippen LogP contribution in [0.2, 0.25) is 0 Å². The second-order valence-electron chi connectivity index (χ2n) is 6.79. The van der Waals surface area contributed by atoms with E-state index in [2.05, 4.69) is 34.7 Å². The lowest BCUT2D eigenvalue weighted by atomic mass is 10.1. The quantitative estimate of drug-likeness (QED) is 0.385. The van der Waals surface area contributed by atoms with Gasteiger partial charge in [0.25, 0.3) is 15.9 Å². The van der Waals surface area contributed by atoms with Gasteiger partial charge in [-0.2, -0.15) is 8.75 Å². The van der Waals surface area contributed by atoms with Crippen molar-refractivity contribution in [1.29, 1.82) is 0 Å². The van der Waals surface area contributed by atoms with E-state index in [1.165, 1.54) is 6.07 Å². The van der Waals surface area contributed by atoms with Crippen LogP contribution in [0.1, 0.15) is 28.9 Å². The first-order valence-electron chi connectivity index (χ1n) is 9.24. The third-order valence-electron chi connectivity index (χ3n) is 4.66. The highest BCUT2D eigenvalue weighted by Gasteiger charge is 2.23. The molecule has 0 aliphatic rings. The van der Waals surface area contributed by atoms with Gasteiger partial charge in [-0.25, -0.2) is 8.42 Å². The van der Waals surface area contributed by atoms with Crippen LogP contribution in [0.3, 0.4) is 0 Å². The first kappa shape index (κ1) is 21.4. The van der Waals surface area contributed by atoms with Crippen molar-refractivity contribution < 1.29 is 13.2 Å². The van der Waals surface area contributed by atoms with Crippen molar-refractivity contribution in [3.8, 4) is 0 Å². The SMILES string of the molecule is C[C@@H](NC(=O)c1ccc(Br)cc1NS(=O)(=O)c1cccc2nsnc12)c1ccccc1. The van der Waals surface area contributed by atoms with E-state index in [1.807, 2.05) is 37.3 Å². The summed E-state index contributed by atoms with van der Waals surface area (Å²) in [5.74, 6) is -0.393. The summed E-state index contributed by atoms with van der Waals surface area (Å²) in [5.41, 5.74) is 2.10. The zero-order chi connectivity index (χ0) is 22.0. The Morgan fingerprint density at radius 1 is 1.03 bits per heavy atom. The molecule has 1 heterocycles. The zero-order valence-electron chi connectivity index (χ0n) is 16.2. The molecule has 0 unspecified atom stereocenters. The Morgan fingerprint density at radius 3 is 2.58 bits per heavy atom. The molecule has 2 N–H and O–H groups in total. The Hall–Kier alpha value is -2.82. The first-order valence-corrected chi connectivity index (χ1v) is 12.3. The van der Waals surface area contributed by atoms with Gasteiger partial charge in [0.05, 0.1) is 29.0 Å². The summed E-state index contributed by atoms with van der Waals surface area (Å²) in [6, 6.07) is 18.8. The number of fused-ring (bicyclic) bond motifs is 1. The van der Waals surface area contributed by atoms with E-state index in [0.717, 1.165) is 17.3 Å². The molecule has 31 heavy (non-hydrogen) atoms. The molecule has 0 spiro atoms. The van der Waals surface area contributed by atoms with E-state index < -0.39 is 15.9 Å². The molecule has 0 bridgehead atoms. The van der Waals surface area contributed by atoms with E-state index in [-0.39, 0.29) is 22.2 Å². The van der Waals surface area contributed by atoms with Gasteiger partial charge in [0.2, 0.25) is 0 Å². The molecular weight excluding hydrogens is 500 g/mol. The number of sulfonamides is 1. The molecule has 0 saturated heterocycles. The van der Waals surface area contributed by atoms with Crippen LogP contribution in [0.25, 0.3) is 11.0 Å². The van der Waals surface area contributed by atoms with Gasteiger partial charge >= 0.3 is 0 Å². The summed E-state index contributed by atoms with van der Waals surface area (Å²) in [7, 11) is -4.01. The van der Waals surface area contributed by atoms with E-state index in [9.17, 15) is 13.2 Å². The molecule has 7 nitrogen and oxygen atoms in total. The molecule has 0 saturated carbocycles. The second kappa shape index (κ2) is 8.74. The average molecular weight is 517 g/mol. The molecular formula is C21H17BrN4O3S2. The number of rotatable bonds is 6. The number of hydrogen-bond donors (Lipinski definition) is 2. The van der Waals surface area contributed by atoms with Crippen molar-refractivity contribution in [2.24, 2.45) is 0 Å². The van der Waals surface area contributed by atoms with Crippen LogP contribution in [-0.2, 0) is 10.0 Å². The topological polar surface area (TPSA) is 101 Å². The zero-order valence-corrected chi connectivity index (χ0v) is 19.5. The van der Waals surface area contributed by atoms with Crippen LogP contribution < -0.4 is 10.0 Å². The highest BCUT2D eigenvalue weighted by molar-refractivity contribution is 9.10. The lowest BCUT2D eigenvalue weighted by molar-refractivity contribution is 0.0941. The highest BCUT2D eigenvalue weighted by atomic mass is 79.9. The Morgan fingerprint density at radius 2 is 1.81 bits per heavy atom. The number of hydrogen-bond acceptors (Lipinski definition) is 6. The minimum absolute atomic E-state index is 0.00253. The number of amides is 1. The molecule has 0 fully saturated rings. The van der Waals surface area contributed by atoms with E-state index >= 15 is 0 Å². The molecule has 1 aromatic heterocycles. The fourth-order valence-corrected chi connectivity index (χ4v) is 5.30. The van der Waals surface area contributed by atoms with Crippen molar-refractivity contribution in [1.82, 2.24) is 14.1 Å². The van der Waals surface area contributed by atoms with E-state index in [0.29, 0.717) is 15.5 Å². The van der Waals surface area contributed by atoms with Crippen LogP contribution >= 0.6 is 27.7 Å².